The Morgan fingerprint density at radius 3 is 2.44 bits per heavy atom. The molecule has 2 fully saturated rings. The van der Waals surface area contributed by atoms with Crippen LogP contribution in [0, 0.1) is 11.8 Å². The highest BCUT2D eigenvalue weighted by molar-refractivity contribution is 4.84. The highest BCUT2D eigenvalue weighted by atomic mass is 15.1. The smallest absolute Gasteiger partial charge is 0.00795 e. The average Bonchev–Trinajstić information content (AvgIpc) is 2.62. The van der Waals surface area contributed by atoms with Gasteiger partial charge in [0, 0.05) is 12.6 Å². The Kier molecular flexibility index (Phi) is 5.97. The van der Waals surface area contributed by atoms with Crippen LogP contribution < -0.4 is 5.73 Å². The molecule has 0 bridgehead atoms. The minimum absolute atomic E-state index is 0.473. The zero-order valence-electron chi connectivity index (χ0n) is 12.2. The molecule has 18 heavy (non-hydrogen) atoms. The van der Waals surface area contributed by atoms with Crippen molar-refractivity contribution in [1.29, 1.82) is 0 Å². The van der Waals surface area contributed by atoms with Gasteiger partial charge in [-0.25, -0.2) is 0 Å². The van der Waals surface area contributed by atoms with E-state index in [4.69, 9.17) is 5.73 Å². The number of rotatable bonds is 4. The normalized spacial score (nSPS) is 35.3. The van der Waals surface area contributed by atoms with E-state index in [0.717, 1.165) is 11.8 Å². The number of likely N-dealkylation sites (tertiary alicyclic amines) is 1. The molecule has 3 unspecified atom stereocenters. The van der Waals surface area contributed by atoms with Crippen LogP contribution in [0.15, 0.2) is 0 Å². The highest BCUT2D eigenvalue weighted by Gasteiger charge is 2.29. The van der Waals surface area contributed by atoms with Crippen LogP contribution >= 0.6 is 0 Å². The second-order valence-electron chi connectivity index (χ2n) is 6.61. The molecule has 0 aromatic carbocycles. The Balaban J connectivity index is 1.81. The topological polar surface area (TPSA) is 29.3 Å². The molecular weight excluding hydrogens is 220 g/mol. The summed E-state index contributed by atoms with van der Waals surface area (Å²) in [6, 6.07) is 0.473. The molecule has 0 aromatic heterocycles. The van der Waals surface area contributed by atoms with Gasteiger partial charge in [0.1, 0.15) is 0 Å². The molecular formula is C16H32N2. The van der Waals surface area contributed by atoms with E-state index in [2.05, 4.69) is 11.8 Å². The molecule has 2 heteroatoms. The Hall–Kier alpha value is -0.0800. The summed E-state index contributed by atoms with van der Waals surface area (Å²) in [4.78, 5) is 2.70. The first-order chi connectivity index (χ1) is 8.79. The standard InChI is InChI=1S/C16H32N2/c1-2-7-14-8-9-16(17)15(12-14)13-18-10-5-3-4-6-11-18/h14-16H,2-13,17H2,1H3. The molecule has 0 amide bonds. The van der Waals surface area contributed by atoms with E-state index in [-0.39, 0.29) is 0 Å². The first-order valence-corrected chi connectivity index (χ1v) is 8.27. The average molecular weight is 252 g/mol. The molecule has 0 radical (unpaired) electrons. The fourth-order valence-corrected chi connectivity index (χ4v) is 3.92. The monoisotopic (exact) mass is 252 g/mol. The third-order valence-electron chi connectivity index (χ3n) is 5.04. The number of nitrogens with zero attached hydrogens (tertiary/aromatic N) is 1. The molecule has 2 aliphatic rings. The fraction of sp³-hybridized carbons (Fsp3) is 1.00. The van der Waals surface area contributed by atoms with Gasteiger partial charge in [0.2, 0.25) is 0 Å². The van der Waals surface area contributed by atoms with Crippen molar-refractivity contribution in [3.8, 4) is 0 Å². The first-order valence-electron chi connectivity index (χ1n) is 8.27. The maximum absolute atomic E-state index is 6.37. The summed E-state index contributed by atoms with van der Waals surface area (Å²) in [6.45, 7) is 6.24. The van der Waals surface area contributed by atoms with Crippen LogP contribution in [0.4, 0.5) is 0 Å². The number of nitrogens with two attached hydrogens (primary N) is 1. The highest BCUT2D eigenvalue weighted by Crippen LogP contribution is 2.32. The zero-order valence-corrected chi connectivity index (χ0v) is 12.2. The van der Waals surface area contributed by atoms with E-state index in [0.29, 0.717) is 6.04 Å². The summed E-state index contributed by atoms with van der Waals surface area (Å²) in [5.74, 6) is 1.74. The van der Waals surface area contributed by atoms with Crippen LogP contribution in [0.5, 0.6) is 0 Å². The van der Waals surface area contributed by atoms with Gasteiger partial charge in [0.15, 0.2) is 0 Å². The van der Waals surface area contributed by atoms with E-state index in [1.165, 1.54) is 77.4 Å². The van der Waals surface area contributed by atoms with Gasteiger partial charge in [-0.15, -0.1) is 0 Å². The molecule has 1 saturated carbocycles. The Morgan fingerprint density at radius 2 is 1.78 bits per heavy atom. The molecule has 1 aliphatic carbocycles. The van der Waals surface area contributed by atoms with Crippen LogP contribution in [-0.4, -0.2) is 30.6 Å². The van der Waals surface area contributed by atoms with E-state index < -0.39 is 0 Å². The fourth-order valence-electron chi connectivity index (χ4n) is 3.92. The van der Waals surface area contributed by atoms with E-state index in [9.17, 15) is 0 Å². The molecule has 2 rings (SSSR count). The van der Waals surface area contributed by atoms with Gasteiger partial charge in [-0.05, 0) is 57.0 Å². The summed E-state index contributed by atoms with van der Waals surface area (Å²) in [5.41, 5.74) is 6.37. The predicted molar refractivity (Wildman–Crippen MR) is 78.6 cm³/mol. The third kappa shape index (κ3) is 4.24. The molecule has 1 saturated heterocycles. The minimum atomic E-state index is 0.473. The molecule has 2 N–H and O–H groups in total. The van der Waals surface area contributed by atoms with Crippen molar-refractivity contribution in [1.82, 2.24) is 4.90 Å². The van der Waals surface area contributed by atoms with E-state index >= 15 is 0 Å². The molecule has 2 nitrogen and oxygen atoms in total. The molecule has 3 atom stereocenters. The van der Waals surface area contributed by atoms with E-state index in [1.54, 1.807) is 0 Å². The maximum atomic E-state index is 6.37. The quantitative estimate of drug-likeness (QED) is 0.831. The van der Waals surface area contributed by atoms with Gasteiger partial charge >= 0.3 is 0 Å². The first kappa shape index (κ1) is 14.3. The van der Waals surface area contributed by atoms with Gasteiger partial charge in [-0.1, -0.05) is 32.6 Å². The van der Waals surface area contributed by atoms with Crippen LogP contribution in [0.2, 0.25) is 0 Å². The molecule has 1 aliphatic heterocycles. The third-order valence-corrected chi connectivity index (χ3v) is 5.04. The van der Waals surface area contributed by atoms with Crippen LogP contribution in [0.1, 0.15) is 64.7 Å². The lowest BCUT2D eigenvalue weighted by atomic mass is 9.76. The van der Waals surface area contributed by atoms with Crippen LogP contribution in [-0.2, 0) is 0 Å². The van der Waals surface area contributed by atoms with Gasteiger partial charge in [0.25, 0.3) is 0 Å². The van der Waals surface area contributed by atoms with Crippen LogP contribution in [0.3, 0.4) is 0 Å². The molecule has 0 aromatic rings. The Bertz CT molecular complexity index is 221. The molecule has 0 spiro atoms. The predicted octanol–water partition coefficient (Wildman–Crippen LogP) is 3.41. The largest absolute Gasteiger partial charge is 0.327 e. The lowest BCUT2D eigenvalue weighted by Crippen LogP contribution is -2.43. The molecule has 1 heterocycles. The lowest BCUT2D eigenvalue weighted by Gasteiger charge is -2.37. The van der Waals surface area contributed by atoms with Gasteiger partial charge in [-0.3, -0.25) is 0 Å². The summed E-state index contributed by atoms with van der Waals surface area (Å²) in [6.07, 6.45) is 12.5. The van der Waals surface area contributed by atoms with E-state index in [1.807, 2.05) is 0 Å². The molecule has 106 valence electrons. The van der Waals surface area contributed by atoms with Gasteiger partial charge in [-0.2, -0.15) is 0 Å². The summed E-state index contributed by atoms with van der Waals surface area (Å²) in [7, 11) is 0. The van der Waals surface area contributed by atoms with Crippen molar-refractivity contribution in [2.75, 3.05) is 19.6 Å². The SMILES string of the molecule is CCCC1CCC(N)C(CN2CCCCCC2)C1. The summed E-state index contributed by atoms with van der Waals surface area (Å²) >= 11 is 0. The number of hydrogen-bond acceptors (Lipinski definition) is 2. The summed E-state index contributed by atoms with van der Waals surface area (Å²) in [5, 5.41) is 0. The van der Waals surface area contributed by atoms with Crippen molar-refractivity contribution in [2.45, 2.75) is 70.8 Å². The van der Waals surface area contributed by atoms with Gasteiger partial charge < -0.3 is 10.6 Å². The second kappa shape index (κ2) is 7.49. The maximum Gasteiger partial charge on any atom is 0.00795 e. The zero-order chi connectivity index (χ0) is 12.8. The lowest BCUT2D eigenvalue weighted by molar-refractivity contribution is 0.154. The Labute approximate surface area is 113 Å². The van der Waals surface area contributed by atoms with Crippen molar-refractivity contribution in [3.63, 3.8) is 0 Å². The van der Waals surface area contributed by atoms with Gasteiger partial charge in [0.05, 0.1) is 0 Å². The minimum Gasteiger partial charge on any atom is -0.327 e. The van der Waals surface area contributed by atoms with Crippen molar-refractivity contribution < 1.29 is 0 Å². The van der Waals surface area contributed by atoms with Crippen molar-refractivity contribution in [3.05, 3.63) is 0 Å². The number of hydrogen-bond donors (Lipinski definition) is 1. The van der Waals surface area contributed by atoms with Crippen molar-refractivity contribution >= 4 is 0 Å². The van der Waals surface area contributed by atoms with Crippen LogP contribution in [0.25, 0.3) is 0 Å². The summed E-state index contributed by atoms with van der Waals surface area (Å²) < 4.78 is 0. The second-order valence-corrected chi connectivity index (χ2v) is 6.61. The van der Waals surface area contributed by atoms with Crippen molar-refractivity contribution in [2.24, 2.45) is 17.6 Å². The Morgan fingerprint density at radius 1 is 1.06 bits per heavy atom.